The van der Waals surface area contributed by atoms with Crippen molar-refractivity contribution in [3.8, 4) is 5.75 Å². The second kappa shape index (κ2) is 3.77. The minimum absolute atomic E-state index is 0.172. The first-order valence-electron chi connectivity index (χ1n) is 5.38. The third kappa shape index (κ3) is 1.84. The number of aliphatic carboxylic acids is 1. The van der Waals surface area contributed by atoms with E-state index in [1.165, 1.54) is 0 Å². The van der Waals surface area contributed by atoms with Crippen LogP contribution in [0.3, 0.4) is 0 Å². The van der Waals surface area contributed by atoms with Crippen molar-refractivity contribution >= 4 is 16.7 Å². The van der Waals surface area contributed by atoms with Crippen LogP contribution >= 0.6 is 0 Å². The van der Waals surface area contributed by atoms with Gasteiger partial charge in [0.15, 0.2) is 0 Å². The summed E-state index contributed by atoms with van der Waals surface area (Å²) in [5.74, 6) is -0.710. The molecular formula is C14H14O3. The molecule has 88 valence electrons. The van der Waals surface area contributed by atoms with Crippen LogP contribution in [0.4, 0.5) is 0 Å². The fourth-order valence-electron chi connectivity index (χ4n) is 1.77. The molecule has 0 amide bonds. The second-order valence-electron chi connectivity index (χ2n) is 4.64. The van der Waals surface area contributed by atoms with Crippen LogP contribution in [-0.4, -0.2) is 16.2 Å². The van der Waals surface area contributed by atoms with Gasteiger partial charge in [-0.3, -0.25) is 4.79 Å². The molecule has 0 saturated carbocycles. The van der Waals surface area contributed by atoms with Crippen LogP contribution in [0.15, 0.2) is 36.4 Å². The largest absolute Gasteiger partial charge is 0.507 e. The minimum atomic E-state index is -0.962. The highest BCUT2D eigenvalue weighted by Gasteiger charge is 2.29. The molecule has 0 fully saturated rings. The maximum atomic E-state index is 11.2. The zero-order valence-corrected chi connectivity index (χ0v) is 9.77. The first kappa shape index (κ1) is 11.5. The molecule has 0 heterocycles. The van der Waals surface area contributed by atoms with Crippen molar-refractivity contribution in [2.45, 2.75) is 19.3 Å². The Kier molecular flexibility index (Phi) is 2.54. The van der Waals surface area contributed by atoms with Gasteiger partial charge in [0, 0.05) is 5.39 Å². The van der Waals surface area contributed by atoms with Gasteiger partial charge in [-0.15, -0.1) is 0 Å². The average Bonchev–Trinajstić information content (AvgIpc) is 2.29. The molecule has 0 bridgehead atoms. The molecule has 0 radical (unpaired) electrons. The number of carbonyl (C=O) groups is 1. The van der Waals surface area contributed by atoms with Crippen molar-refractivity contribution in [3.63, 3.8) is 0 Å². The summed E-state index contributed by atoms with van der Waals surface area (Å²) >= 11 is 0. The van der Waals surface area contributed by atoms with Gasteiger partial charge < -0.3 is 10.2 Å². The van der Waals surface area contributed by atoms with E-state index < -0.39 is 11.4 Å². The lowest BCUT2D eigenvalue weighted by Gasteiger charge is -2.20. The Morgan fingerprint density at radius 1 is 1.18 bits per heavy atom. The van der Waals surface area contributed by atoms with E-state index in [4.69, 9.17) is 0 Å². The van der Waals surface area contributed by atoms with E-state index in [2.05, 4.69) is 0 Å². The predicted octanol–water partition coefficient (Wildman–Crippen LogP) is 2.91. The molecule has 3 nitrogen and oxygen atoms in total. The Balaban J connectivity index is 2.66. The van der Waals surface area contributed by atoms with E-state index in [1.54, 1.807) is 38.1 Å². The summed E-state index contributed by atoms with van der Waals surface area (Å²) < 4.78 is 0. The highest BCUT2D eigenvalue weighted by atomic mass is 16.4. The van der Waals surface area contributed by atoms with Gasteiger partial charge >= 0.3 is 5.97 Å². The van der Waals surface area contributed by atoms with Crippen molar-refractivity contribution in [1.29, 1.82) is 0 Å². The van der Waals surface area contributed by atoms with Crippen molar-refractivity contribution in [2.75, 3.05) is 0 Å². The molecule has 0 aliphatic rings. The van der Waals surface area contributed by atoms with Crippen molar-refractivity contribution < 1.29 is 15.0 Å². The maximum Gasteiger partial charge on any atom is 0.313 e. The number of rotatable bonds is 2. The molecule has 0 unspecified atom stereocenters. The number of hydrogen-bond donors (Lipinski definition) is 2. The smallest absolute Gasteiger partial charge is 0.313 e. The number of carboxylic acid groups (broad SMARTS) is 1. The van der Waals surface area contributed by atoms with E-state index in [0.717, 1.165) is 5.39 Å². The number of aromatic hydroxyl groups is 1. The first-order chi connectivity index (χ1) is 7.93. The molecular weight excluding hydrogens is 216 g/mol. The van der Waals surface area contributed by atoms with Crippen molar-refractivity contribution in [1.82, 2.24) is 0 Å². The highest BCUT2D eigenvalue weighted by Crippen LogP contribution is 2.30. The Labute approximate surface area is 99.3 Å². The van der Waals surface area contributed by atoms with Gasteiger partial charge in [-0.05, 0) is 36.9 Å². The normalized spacial score (nSPS) is 11.6. The number of phenolic OH excluding ortho intramolecular Hbond substituents is 1. The molecule has 0 saturated heterocycles. The molecule has 2 rings (SSSR count). The lowest BCUT2D eigenvalue weighted by molar-refractivity contribution is -0.142. The highest BCUT2D eigenvalue weighted by molar-refractivity contribution is 5.90. The van der Waals surface area contributed by atoms with Crippen LogP contribution in [0, 0.1) is 0 Å². The van der Waals surface area contributed by atoms with Gasteiger partial charge in [-0.25, -0.2) is 0 Å². The fraction of sp³-hybridized carbons (Fsp3) is 0.214. The predicted molar refractivity (Wildman–Crippen MR) is 66.3 cm³/mol. The number of fused-ring (bicyclic) bond motifs is 1. The van der Waals surface area contributed by atoms with Gasteiger partial charge in [-0.1, -0.05) is 24.3 Å². The van der Waals surface area contributed by atoms with E-state index in [0.29, 0.717) is 10.9 Å². The molecule has 2 aromatic carbocycles. The van der Waals surface area contributed by atoms with Crippen LogP contribution < -0.4 is 0 Å². The Bertz CT molecular complexity index is 585. The summed E-state index contributed by atoms with van der Waals surface area (Å²) in [7, 11) is 0. The third-order valence-electron chi connectivity index (χ3n) is 3.12. The number of carboxylic acids is 1. The van der Waals surface area contributed by atoms with Crippen LogP contribution in [0.1, 0.15) is 19.4 Å². The molecule has 2 N–H and O–H groups in total. The van der Waals surface area contributed by atoms with Crippen LogP contribution in [-0.2, 0) is 10.2 Å². The van der Waals surface area contributed by atoms with Gasteiger partial charge in [0.05, 0.1) is 5.41 Å². The summed E-state index contributed by atoms with van der Waals surface area (Å²) in [6.07, 6.45) is 0. The number of phenols is 1. The van der Waals surface area contributed by atoms with Gasteiger partial charge in [0.25, 0.3) is 0 Å². The van der Waals surface area contributed by atoms with Crippen molar-refractivity contribution in [2.24, 2.45) is 0 Å². The summed E-state index contributed by atoms with van der Waals surface area (Å²) in [6, 6.07) is 10.6. The van der Waals surface area contributed by atoms with Crippen LogP contribution in [0.25, 0.3) is 10.8 Å². The molecule has 3 heteroatoms. The summed E-state index contributed by atoms with van der Waals surface area (Å²) in [5.41, 5.74) is -0.282. The van der Waals surface area contributed by atoms with E-state index in [1.807, 2.05) is 12.1 Å². The van der Waals surface area contributed by atoms with E-state index in [-0.39, 0.29) is 5.75 Å². The first-order valence-corrected chi connectivity index (χ1v) is 5.38. The Hall–Kier alpha value is -2.03. The molecule has 0 spiro atoms. The monoisotopic (exact) mass is 230 g/mol. The number of benzene rings is 2. The quantitative estimate of drug-likeness (QED) is 0.834. The summed E-state index contributed by atoms with van der Waals surface area (Å²) in [4.78, 5) is 11.2. The topological polar surface area (TPSA) is 57.5 Å². The minimum Gasteiger partial charge on any atom is -0.507 e. The van der Waals surface area contributed by atoms with Crippen molar-refractivity contribution in [3.05, 3.63) is 42.0 Å². The zero-order valence-electron chi connectivity index (χ0n) is 9.77. The molecule has 17 heavy (non-hydrogen) atoms. The lowest BCUT2D eigenvalue weighted by atomic mass is 9.84. The second-order valence-corrected chi connectivity index (χ2v) is 4.64. The molecule has 0 aliphatic heterocycles. The SMILES string of the molecule is CC(C)(C(=O)O)c1ccc2cccc(O)c2c1. The molecule has 0 aromatic heterocycles. The molecule has 0 aliphatic carbocycles. The number of hydrogen-bond acceptors (Lipinski definition) is 2. The lowest BCUT2D eigenvalue weighted by Crippen LogP contribution is -2.28. The van der Waals surface area contributed by atoms with Gasteiger partial charge in [-0.2, -0.15) is 0 Å². The maximum absolute atomic E-state index is 11.2. The molecule has 2 aromatic rings. The van der Waals surface area contributed by atoms with Crippen LogP contribution in [0.5, 0.6) is 5.75 Å². The summed E-state index contributed by atoms with van der Waals surface area (Å²) in [6.45, 7) is 3.30. The van der Waals surface area contributed by atoms with Crippen LogP contribution in [0.2, 0.25) is 0 Å². The summed E-state index contributed by atoms with van der Waals surface area (Å²) in [5, 5.41) is 20.5. The third-order valence-corrected chi connectivity index (χ3v) is 3.12. The Morgan fingerprint density at radius 3 is 2.53 bits per heavy atom. The molecule has 0 atom stereocenters. The average molecular weight is 230 g/mol. The standard InChI is InChI=1S/C14H14O3/c1-14(2,13(16)17)10-7-6-9-4-3-5-12(15)11(9)8-10/h3-8,15H,1-2H3,(H,16,17). The van der Waals surface area contributed by atoms with E-state index >= 15 is 0 Å². The fourth-order valence-corrected chi connectivity index (χ4v) is 1.77. The zero-order chi connectivity index (χ0) is 12.6. The Morgan fingerprint density at radius 2 is 1.88 bits per heavy atom. The van der Waals surface area contributed by atoms with Gasteiger partial charge in [0.1, 0.15) is 5.75 Å². The van der Waals surface area contributed by atoms with E-state index in [9.17, 15) is 15.0 Å². The van der Waals surface area contributed by atoms with Gasteiger partial charge in [0.2, 0.25) is 0 Å².